The second kappa shape index (κ2) is 9.61. The molecule has 2 N–H and O–H groups in total. The standard InChI is InChI=1S/C18H17ClN4O2S/c1-12-14(19)4-3-5-15(12)22-18(26)23-21-11-13-6-7-16(25-9-8-20)17(10-13)24-2/h3-7,10-11H,9H2,1-2H3,(H2,22,23,26)/b21-11-. The number of hydrogen-bond donors (Lipinski definition) is 2. The zero-order chi connectivity index (χ0) is 18.9. The summed E-state index contributed by atoms with van der Waals surface area (Å²) >= 11 is 11.3. The van der Waals surface area contributed by atoms with Crippen LogP contribution in [0.4, 0.5) is 5.69 Å². The Morgan fingerprint density at radius 3 is 2.88 bits per heavy atom. The van der Waals surface area contributed by atoms with Gasteiger partial charge < -0.3 is 14.8 Å². The Labute approximate surface area is 162 Å². The molecule has 26 heavy (non-hydrogen) atoms. The quantitative estimate of drug-likeness (QED) is 0.444. The van der Waals surface area contributed by atoms with Crippen LogP contribution in [0.5, 0.6) is 11.5 Å². The number of benzene rings is 2. The lowest BCUT2D eigenvalue weighted by molar-refractivity contribution is 0.329. The number of nitriles is 1. The van der Waals surface area contributed by atoms with Gasteiger partial charge in [-0.05, 0) is 60.6 Å². The lowest BCUT2D eigenvalue weighted by Crippen LogP contribution is -2.24. The van der Waals surface area contributed by atoms with E-state index < -0.39 is 0 Å². The van der Waals surface area contributed by atoms with E-state index >= 15 is 0 Å². The van der Waals surface area contributed by atoms with Crippen molar-refractivity contribution >= 4 is 40.8 Å². The van der Waals surface area contributed by atoms with E-state index in [9.17, 15) is 0 Å². The molecular weight excluding hydrogens is 372 g/mol. The molecular formula is C18H17ClN4O2S. The number of nitrogens with one attached hydrogen (secondary N) is 2. The second-order valence-electron chi connectivity index (χ2n) is 5.09. The van der Waals surface area contributed by atoms with Gasteiger partial charge in [0.1, 0.15) is 6.07 Å². The summed E-state index contributed by atoms with van der Waals surface area (Å²) in [5, 5.41) is 16.7. The first-order chi connectivity index (χ1) is 12.5. The predicted octanol–water partition coefficient (Wildman–Crippen LogP) is 3.88. The van der Waals surface area contributed by atoms with Crippen LogP contribution in [-0.4, -0.2) is 25.0 Å². The highest BCUT2D eigenvalue weighted by molar-refractivity contribution is 7.80. The smallest absolute Gasteiger partial charge is 0.191 e. The first kappa shape index (κ1) is 19.5. The molecule has 0 aliphatic rings. The molecule has 0 heterocycles. The van der Waals surface area contributed by atoms with Gasteiger partial charge in [-0.25, -0.2) is 0 Å². The van der Waals surface area contributed by atoms with Gasteiger partial charge in [0.15, 0.2) is 23.2 Å². The highest BCUT2D eigenvalue weighted by Gasteiger charge is 2.05. The third-order valence-corrected chi connectivity index (χ3v) is 3.98. The van der Waals surface area contributed by atoms with Crippen LogP contribution < -0.4 is 20.2 Å². The summed E-state index contributed by atoms with van der Waals surface area (Å²) in [4.78, 5) is 0. The molecule has 0 saturated heterocycles. The first-order valence-corrected chi connectivity index (χ1v) is 8.36. The largest absolute Gasteiger partial charge is 0.493 e. The van der Waals surface area contributed by atoms with E-state index in [4.69, 9.17) is 38.6 Å². The molecule has 0 bridgehead atoms. The molecule has 2 aromatic carbocycles. The van der Waals surface area contributed by atoms with E-state index in [0.29, 0.717) is 21.6 Å². The number of ether oxygens (including phenoxy) is 2. The van der Waals surface area contributed by atoms with Crippen molar-refractivity contribution in [2.24, 2.45) is 5.10 Å². The SMILES string of the molecule is COc1cc(/C=N\NC(=S)Nc2cccc(Cl)c2C)ccc1OCC#N. The molecule has 0 unspecified atom stereocenters. The maximum Gasteiger partial charge on any atom is 0.191 e. The molecule has 0 aromatic heterocycles. The number of halogens is 1. The molecule has 0 amide bonds. The van der Waals surface area contributed by atoms with Crippen molar-refractivity contribution in [3.05, 3.63) is 52.5 Å². The summed E-state index contributed by atoms with van der Waals surface area (Å²) in [7, 11) is 1.53. The van der Waals surface area contributed by atoms with Gasteiger partial charge in [0.05, 0.1) is 13.3 Å². The summed E-state index contributed by atoms with van der Waals surface area (Å²) in [6, 6.07) is 12.7. The van der Waals surface area contributed by atoms with E-state index in [1.165, 1.54) is 7.11 Å². The van der Waals surface area contributed by atoms with Crippen molar-refractivity contribution in [2.75, 3.05) is 19.0 Å². The predicted molar refractivity (Wildman–Crippen MR) is 107 cm³/mol. The molecule has 0 atom stereocenters. The molecule has 2 rings (SSSR count). The monoisotopic (exact) mass is 388 g/mol. The Morgan fingerprint density at radius 1 is 1.35 bits per heavy atom. The fourth-order valence-corrected chi connectivity index (χ4v) is 2.39. The van der Waals surface area contributed by atoms with Crippen LogP contribution in [-0.2, 0) is 0 Å². The van der Waals surface area contributed by atoms with Crippen LogP contribution in [0.15, 0.2) is 41.5 Å². The van der Waals surface area contributed by atoms with Gasteiger partial charge in [0, 0.05) is 10.7 Å². The normalized spacial score (nSPS) is 10.2. The zero-order valence-electron chi connectivity index (χ0n) is 14.2. The lowest BCUT2D eigenvalue weighted by atomic mass is 10.2. The number of anilines is 1. The molecule has 8 heteroatoms. The Kier molecular flexibility index (Phi) is 7.21. The highest BCUT2D eigenvalue weighted by Crippen LogP contribution is 2.27. The summed E-state index contributed by atoms with van der Waals surface area (Å²) in [6.45, 7) is 1.85. The van der Waals surface area contributed by atoms with E-state index in [-0.39, 0.29) is 6.61 Å². The van der Waals surface area contributed by atoms with Gasteiger partial charge in [0.25, 0.3) is 0 Å². The molecule has 0 aliphatic carbocycles. The Hall–Kier alpha value is -2.82. The number of rotatable bonds is 6. The Bertz CT molecular complexity index is 865. The third-order valence-electron chi connectivity index (χ3n) is 3.38. The van der Waals surface area contributed by atoms with Crippen LogP contribution in [0, 0.1) is 18.3 Å². The van der Waals surface area contributed by atoms with E-state index in [2.05, 4.69) is 15.8 Å². The fraction of sp³-hybridized carbons (Fsp3) is 0.167. The molecule has 0 aliphatic heterocycles. The minimum Gasteiger partial charge on any atom is -0.493 e. The number of methoxy groups -OCH3 is 1. The highest BCUT2D eigenvalue weighted by atomic mass is 35.5. The van der Waals surface area contributed by atoms with Crippen LogP contribution in [0.1, 0.15) is 11.1 Å². The van der Waals surface area contributed by atoms with Crippen LogP contribution in [0.25, 0.3) is 0 Å². The minimum absolute atomic E-state index is 0.0474. The van der Waals surface area contributed by atoms with Crippen molar-refractivity contribution in [2.45, 2.75) is 6.92 Å². The van der Waals surface area contributed by atoms with Crippen LogP contribution in [0.2, 0.25) is 5.02 Å². The van der Waals surface area contributed by atoms with Gasteiger partial charge in [-0.15, -0.1) is 0 Å². The Balaban J connectivity index is 1.98. The van der Waals surface area contributed by atoms with Gasteiger partial charge >= 0.3 is 0 Å². The fourth-order valence-electron chi connectivity index (χ4n) is 2.05. The summed E-state index contributed by atoms with van der Waals surface area (Å²) in [5.74, 6) is 1.01. The second-order valence-corrected chi connectivity index (χ2v) is 5.91. The number of hydrazone groups is 1. The van der Waals surface area contributed by atoms with Gasteiger partial charge in [-0.3, -0.25) is 5.43 Å². The van der Waals surface area contributed by atoms with Crippen molar-refractivity contribution < 1.29 is 9.47 Å². The van der Waals surface area contributed by atoms with Gasteiger partial charge in [-0.2, -0.15) is 10.4 Å². The van der Waals surface area contributed by atoms with Crippen molar-refractivity contribution in [1.82, 2.24) is 5.43 Å². The van der Waals surface area contributed by atoms with E-state index in [1.54, 1.807) is 24.4 Å². The molecule has 0 spiro atoms. The van der Waals surface area contributed by atoms with Crippen LogP contribution in [0.3, 0.4) is 0 Å². The molecule has 2 aromatic rings. The average molecular weight is 389 g/mol. The maximum atomic E-state index is 8.58. The van der Waals surface area contributed by atoms with Crippen LogP contribution >= 0.6 is 23.8 Å². The van der Waals surface area contributed by atoms with E-state index in [1.807, 2.05) is 31.2 Å². The summed E-state index contributed by atoms with van der Waals surface area (Å²) < 4.78 is 10.5. The topological polar surface area (TPSA) is 78.7 Å². The van der Waals surface area contributed by atoms with Crippen molar-refractivity contribution in [3.63, 3.8) is 0 Å². The van der Waals surface area contributed by atoms with Crippen molar-refractivity contribution in [1.29, 1.82) is 5.26 Å². The lowest BCUT2D eigenvalue weighted by Gasteiger charge is -2.11. The minimum atomic E-state index is -0.0474. The number of thiocarbonyl (C=S) groups is 1. The number of nitrogens with zero attached hydrogens (tertiary/aromatic N) is 2. The first-order valence-electron chi connectivity index (χ1n) is 7.58. The number of hydrogen-bond acceptors (Lipinski definition) is 5. The van der Waals surface area contributed by atoms with Crippen molar-refractivity contribution in [3.8, 4) is 17.6 Å². The molecule has 0 saturated carbocycles. The van der Waals surface area contributed by atoms with E-state index in [0.717, 1.165) is 16.8 Å². The van der Waals surface area contributed by atoms with Gasteiger partial charge in [-0.1, -0.05) is 17.7 Å². The molecule has 134 valence electrons. The maximum absolute atomic E-state index is 8.58. The molecule has 0 radical (unpaired) electrons. The average Bonchev–Trinajstić information content (AvgIpc) is 2.64. The Morgan fingerprint density at radius 2 is 2.15 bits per heavy atom. The van der Waals surface area contributed by atoms with Gasteiger partial charge in [0.2, 0.25) is 0 Å². The zero-order valence-corrected chi connectivity index (χ0v) is 15.8. The summed E-state index contributed by atoms with van der Waals surface area (Å²) in [6.07, 6.45) is 1.59. The molecule has 0 fully saturated rings. The third kappa shape index (κ3) is 5.34. The summed E-state index contributed by atoms with van der Waals surface area (Å²) in [5.41, 5.74) is 5.24. The molecule has 6 nitrogen and oxygen atoms in total.